The fourth-order valence-corrected chi connectivity index (χ4v) is 2.44. The molecular formula is C20H20O3. The molecule has 0 fully saturated rings. The van der Waals surface area contributed by atoms with Crippen LogP contribution in [0.3, 0.4) is 0 Å². The van der Waals surface area contributed by atoms with Crippen molar-refractivity contribution in [2.24, 2.45) is 0 Å². The van der Waals surface area contributed by atoms with Crippen molar-refractivity contribution in [3.05, 3.63) is 89.2 Å². The van der Waals surface area contributed by atoms with E-state index in [4.69, 9.17) is 14.2 Å². The van der Waals surface area contributed by atoms with Crippen molar-refractivity contribution < 1.29 is 14.2 Å². The van der Waals surface area contributed by atoms with E-state index in [1.54, 1.807) is 7.11 Å². The summed E-state index contributed by atoms with van der Waals surface area (Å²) in [5.41, 5.74) is 3.19. The van der Waals surface area contributed by atoms with Crippen molar-refractivity contribution in [1.82, 2.24) is 0 Å². The van der Waals surface area contributed by atoms with Crippen molar-refractivity contribution in [2.45, 2.75) is 12.9 Å². The maximum absolute atomic E-state index is 5.87. The Morgan fingerprint density at radius 1 is 1.04 bits per heavy atom. The molecule has 118 valence electrons. The van der Waals surface area contributed by atoms with Crippen LogP contribution in [-0.4, -0.2) is 20.0 Å². The lowest BCUT2D eigenvalue weighted by atomic mass is 10.1. The minimum absolute atomic E-state index is 0.362. The average Bonchev–Trinajstić information content (AvgIpc) is 2.62. The van der Waals surface area contributed by atoms with Crippen molar-refractivity contribution in [2.75, 3.05) is 13.7 Å². The van der Waals surface area contributed by atoms with Gasteiger partial charge in [0.2, 0.25) is 0 Å². The van der Waals surface area contributed by atoms with Crippen LogP contribution in [0.5, 0.6) is 0 Å². The molecule has 0 aromatic heterocycles. The molecule has 1 heterocycles. The predicted octanol–water partition coefficient (Wildman–Crippen LogP) is 4.17. The first-order valence-electron chi connectivity index (χ1n) is 7.63. The Morgan fingerprint density at radius 2 is 1.74 bits per heavy atom. The first-order valence-corrected chi connectivity index (χ1v) is 7.63. The van der Waals surface area contributed by atoms with Crippen LogP contribution in [0, 0.1) is 0 Å². The highest BCUT2D eigenvalue weighted by Crippen LogP contribution is 2.23. The van der Waals surface area contributed by atoms with Crippen LogP contribution < -0.4 is 0 Å². The normalized spacial score (nSPS) is 19.4. The van der Waals surface area contributed by atoms with Crippen LogP contribution >= 0.6 is 0 Å². The quantitative estimate of drug-likeness (QED) is 0.829. The summed E-state index contributed by atoms with van der Waals surface area (Å²) in [5.74, 6) is 0.810. The molecule has 0 unspecified atom stereocenters. The third kappa shape index (κ3) is 4.31. The molecule has 1 atom stereocenters. The van der Waals surface area contributed by atoms with E-state index < -0.39 is 0 Å². The Labute approximate surface area is 136 Å². The van der Waals surface area contributed by atoms with Crippen LogP contribution in [0.15, 0.2) is 78.1 Å². The molecule has 2 aromatic rings. The van der Waals surface area contributed by atoms with Crippen LogP contribution in [-0.2, 0) is 20.8 Å². The molecule has 0 bridgehead atoms. The van der Waals surface area contributed by atoms with Gasteiger partial charge in [-0.15, -0.1) is 0 Å². The number of hydrogen-bond acceptors (Lipinski definition) is 3. The van der Waals surface area contributed by atoms with Crippen LogP contribution in [0.2, 0.25) is 0 Å². The fraction of sp³-hybridized carbons (Fsp3) is 0.200. The molecule has 23 heavy (non-hydrogen) atoms. The van der Waals surface area contributed by atoms with Gasteiger partial charge in [-0.2, -0.15) is 0 Å². The van der Waals surface area contributed by atoms with E-state index in [-0.39, 0.29) is 6.29 Å². The van der Waals surface area contributed by atoms with E-state index in [9.17, 15) is 0 Å². The smallest absolute Gasteiger partial charge is 0.184 e. The SMILES string of the molecule is CO[C@@H]1OCC(OCc2ccccc2)=C/C1=C/c1ccccc1. The van der Waals surface area contributed by atoms with Gasteiger partial charge in [0.1, 0.15) is 19.0 Å². The first-order chi connectivity index (χ1) is 11.3. The van der Waals surface area contributed by atoms with Gasteiger partial charge in [-0.3, -0.25) is 0 Å². The highest BCUT2D eigenvalue weighted by atomic mass is 16.7. The molecule has 0 N–H and O–H groups in total. The predicted molar refractivity (Wildman–Crippen MR) is 90.5 cm³/mol. The van der Waals surface area contributed by atoms with Gasteiger partial charge in [0.25, 0.3) is 0 Å². The summed E-state index contributed by atoms with van der Waals surface area (Å²) >= 11 is 0. The van der Waals surface area contributed by atoms with Gasteiger partial charge in [0.15, 0.2) is 6.29 Å². The third-order valence-corrected chi connectivity index (χ3v) is 3.59. The maximum atomic E-state index is 5.87. The Bertz CT molecular complexity index is 675. The second-order valence-corrected chi connectivity index (χ2v) is 5.32. The minimum Gasteiger partial charge on any atom is -0.491 e. The summed E-state index contributed by atoms with van der Waals surface area (Å²) in [4.78, 5) is 0. The summed E-state index contributed by atoms with van der Waals surface area (Å²) in [7, 11) is 1.65. The van der Waals surface area contributed by atoms with Crippen molar-refractivity contribution in [3.8, 4) is 0 Å². The number of rotatable bonds is 5. The standard InChI is InChI=1S/C20H20O3/c1-21-20-18(12-16-8-4-2-5-9-16)13-19(15-23-20)22-14-17-10-6-3-7-11-17/h2-13,20H,14-15H2,1H3/b18-12-/t20-/m1/s1. The van der Waals surface area contributed by atoms with Gasteiger partial charge in [0.05, 0.1) is 0 Å². The molecule has 0 amide bonds. The average molecular weight is 308 g/mol. The Hall–Kier alpha value is -2.36. The third-order valence-electron chi connectivity index (χ3n) is 3.59. The van der Waals surface area contributed by atoms with Crippen LogP contribution in [0.25, 0.3) is 6.08 Å². The van der Waals surface area contributed by atoms with E-state index >= 15 is 0 Å². The summed E-state index contributed by atoms with van der Waals surface area (Å²) in [6, 6.07) is 20.2. The van der Waals surface area contributed by atoms with E-state index in [1.165, 1.54) is 0 Å². The highest BCUT2D eigenvalue weighted by molar-refractivity contribution is 5.57. The van der Waals surface area contributed by atoms with Gasteiger partial charge in [-0.25, -0.2) is 0 Å². The zero-order valence-electron chi connectivity index (χ0n) is 13.1. The van der Waals surface area contributed by atoms with Gasteiger partial charge in [-0.1, -0.05) is 60.7 Å². The molecule has 2 aromatic carbocycles. The summed E-state index contributed by atoms with van der Waals surface area (Å²) < 4.78 is 17.0. The Kier molecular flexibility index (Phi) is 5.25. The number of methoxy groups -OCH3 is 1. The van der Waals surface area contributed by atoms with Crippen LogP contribution in [0.1, 0.15) is 11.1 Å². The maximum Gasteiger partial charge on any atom is 0.184 e. The number of ether oxygens (including phenoxy) is 3. The number of benzene rings is 2. The largest absolute Gasteiger partial charge is 0.491 e. The second-order valence-electron chi connectivity index (χ2n) is 5.32. The molecule has 0 aliphatic carbocycles. The lowest BCUT2D eigenvalue weighted by molar-refractivity contribution is -0.103. The topological polar surface area (TPSA) is 27.7 Å². The van der Waals surface area contributed by atoms with Gasteiger partial charge < -0.3 is 14.2 Å². The lowest BCUT2D eigenvalue weighted by Crippen LogP contribution is -2.24. The molecule has 0 spiro atoms. The molecule has 0 radical (unpaired) electrons. The summed E-state index contributed by atoms with van der Waals surface area (Å²) in [6.07, 6.45) is 3.70. The number of hydrogen-bond donors (Lipinski definition) is 0. The van der Waals surface area contributed by atoms with Crippen molar-refractivity contribution in [1.29, 1.82) is 0 Å². The molecular weight excluding hydrogens is 288 g/mol. The molecule has 0 saturated carbocycles. The monoisotopic (exact) mass is 308 g/mol. The molecule has 1 aliphatic heterocycles. The van der Waals surface area contributed by atoms with E-state index in [0.29, 0.717) is 13.2 Å². The van der Waals surface area contributed by atoms with E-state index in [0.717, 1.165) is 22.5 Å². The van der Waals surface area contributed by atoms with Crippen molar-refractivity contribution in [3.63, 3.8) is 0 Å². The molecule has 0 saturated heterocycles. The molecule has 3 nitrogen and oxygen atoms in total. The van der Waals surface area contributed by atoms with Crippen LogP contribution in [0.4, 0.5) is 0 Å². The second kappa shape index (κ2) is 7.77. The minimum atomic E-state index is -0.362. The lowest BCUT2D eigenvalue weighted by Gasteiger charge is -2.24. The van der Waals surface area contributed by atoms with E-state index in [1.807, 2.05) is 66.7 Å². The molecule has 3 heteroatoms. The zero-order chi connectivity index (χ0) is 15.9. The Morgan fingerprint density at radius 3 is 2.43 bits per heavy atom. The summed E-state index contributed by atoms with van der Waals surface area (Å²) in [5, 5.41) is 0. The van der Waals surface area contributed by atoms with Crippen molar-refractivity contribution >= 4 is 6.08 Å². The first kappa shape index (κ1) is 15.5. The zero-order valence-corrected chi connectivity index (χ0v) is 13.1. The van der Waals surface area contributed by atoms with Gasteiger partial charge >= 0.3 is 0 Å². The molecule has 1 aliphatic rings. The van der Waals surface area contributed by atoms with Gasteiger partial charge in [0, 0.05) is 12.7 Å². The van der Waals surface area contributed by atoms with Gasteiger partial charge in [-0.05, 0) is 23.3 Å². The summed E-state index contributed by atoms with van der Waals surface area (Å²) in [6.45, 7) is 0.948. The molecule has 3 rings (SSSR count). The fourth-order valence-electron chi connectivity index (χ4n) is 2.44. The van der Waals surface area contributed by atoms with E-state index in [2.05, 4.69) is 6.08 Å². The highest BCUT2D eigenvalue weighted by Gasteiger charge is 2.20. The Balaban J connectivity index is 1.75.